The molecule has 0 saturated heterocycles. The third-order valence-corrected chi connectivity index (χ3v) is 10.7. The lowest BCUT2D eigenvalue weighted by Gasteiger charge is -2.18. The van der Waals surface area contributed by atoms with E-state index in [0.29, 0.717) is 12.8 Å². The molecule has 0 aliphatic carbocycles. The van der Waals surface area contributed by atoms with Crippen molar-refractivity contribution in [2.24, 2.45) is 0 Å². The molecule has 0 aliphatic rings. The van der Waals surface area contributed by atoms with Crippen LogP contribution in [0.15, 0.2) is 122 Å². The van der Waals surface area contributed by atoms with Crippen LogP contribution in [-0.4, -0.2) is 64.9 Å². The highest BCUT2D eigenvalue weighted by Crippen LogP contribution is 2.43. The van der Waals surface area contributed by atoms with E-state index in [0.717, 1.165) is 103 Å². The highest BCUT2D eigenvalue weighted by Gasteiger charge is 2.28. The Morgan fingerprint density at radius 3 is 1.33 bits per heavy atom. The van der Waals surface area contributed by atoms with E-state index >= 15 is 0 Å². The van der Waals surface area contributed by atoms with E-state index in [1.165, 1.54) is 25.7 Å². The number of nitrogens with one attached hydrogen (secondary N) is 1. The molecule has 0 radical (unpaired) electrons. The number of rotatable bonds is 44. The van der Waals surface area contributed by atoms with Gasteiger partial charge < -0.3 is 25.2 Å². The molecule has 4 N–H and O–H groups in total. The van der Waals surface area contributed by atoms with Gasteiger partial charge in [0.05, 0.1) is 13.2 Å². The molecule has 0 rings (SSSR count). The molecule has 0 aromatic heterocycles. The smallest absolute Gasteiger partial charge is 0.472 e. The van der Waals surface area contributed by atoms with E-state index in [9.17, 15) is 34.1 Å². The fourth-order valence-corrected chi connectivity index (χ4v) is 6.72. The number of esters is 1. The first-order chi connectivity index (χ1) is 32.1. The summed E-state index contributed by atoms with van der Waals surface area (Å²) in [7, 11) is -4.79. The quantitative estimate of drug-likeness (QED) is 0.0200. The zero-order chi connectivity index (χ0) is 48.4. The fourth-order valence-electron chi connectivity index (χ4n) is 5.95. The molecule has 0 aromatic carbocycles. The van der Waals surface area contributed by atoms with Crippen molar-refractivity contribution in [1.82, 2.24) is 5.32 Å². The second-order valence-corrected chi connectivity index (χ2v) is 17.4. The predicted octanol–water partition coefficient (Wildman–Crippen LogP) is 13.6. The number of aliphatic hydroxyl groups is 1. The number of hydrogen-bond donors (Lipinski definition) is 4. The summed E-state index contributed by atoms with van der Waals surface area (Å²) < 4.78 is 26.9. The maximum atomic E-state index is 12.4. The van der Waals surface area contributed by atoms with Gasteiger partial charge in [-0.05, 0) is 109 Å². The minimum absolute atomic E-state index is 0.114. The molecular formula is C54H86NO10P. The SMILES string of the molecule is CC/C=C\C/C=C\C/C=C\C/C=C\C/C=C\C/C=C\CCCCC(=O)OCC(O)COP(=O)(O)OCC(NC(=O)CCCCCCC/C=C\C/C=C\C/C=C\C/C=C\CCCCC)C(=O)O. The Hall–Kier alpha value is -4.12. The van der Waals surface area contributed by atoms with Gasteiger partial charge >= 0.3 is 19.8 Å². The molecular weight excluding hydrogens is 854 g/mol. The van der Waals surface area contributed by atoms with Gasteiger partial charge in [0, 0.05) is 12.8 Å². The maximum absolute atomic E-state index is 12.4. The van der Waals surface area contributed by atoms with E-state index in [1.54, 1.807) is 0 Å². The van der Waals surface area contributed by atoms with E-state index in [4.69, 9.17) is 13.8 Å². The van der Waals surface area contributed by atoms with Crippen molar-refractivity contribution in [3.63, 3.8) is 0 Å². The zero-order valence-electron chi connectivity index (χ0n) is 40.4. The van der Waals surface area contributed by atoms with Crippen molar-refractivity contribution in [2.75, 3.05) is 19.8 Å². The number of phosphoric acid groups is 1. The van der Waals surface area contributed by atoms with Gasteiger partial charge in [-0.1, -0.05) is 167 Å². The number of carboxylic acids is 1. The fraction of sp³-hybridized carbons (Fsp3) is 0.574. The molecule has 0 fully saturated rings. The Labute approximate surface area is 398 Å². The van der Waals surface area contributed by atoms with Gasteiger partial charge in [0.25, 0.3) is 0 Å². The molecule has 3 unspecified atom stereocenters. The molecule has 0 aliphatic heterocycles. The van der Waals surface area contributed by atoms with Crippen LogP contribution in [-0.2, 0) is 32.7 Å². The minimum Gasteiger partial charge on any atom is -0.480 e. The Bertz CT molecular complexity index is 1570. The summed E-state index contributed by atoms with van der Waals surface area (Å²) >= 11 is 0. The van der Waals surface area contributed by atoms with Gasteiger partial charge in [0.15, 0.2) is 6.04 Å². The summed E-state index contributed by atoms with van der Waals surface area (Å²) in [5.41, 5.74) is 0. The molecule has 66 heavy (non-hydrogen) atoms. The van der Waals surface area contributed by atoms with Gasteiger partial charge in [-0.3, -0.25) is 18.6 Å². The number of hydrogen-bond acceptors (Lipinski definition) is 8. The maximum Gasteiger partial charge on any atom is 0.472 e. The monoisotopic (exact) mass is 940 g/mol. The summed E-state index contributed by atoms with van der Waals surface area (Å²) in [6.07, 6.45) is 63.6. The average Bonchev–Trinajstić information content (AvgIpc) is 3.29. The molecule has 3 atom stereocenters. The summed E-state index contributed by atoms with van der Waals surface area (Å²) in [5.74, 6) is -2.46. The second kappa shape index (κ2) is 47.4. The number of phosphoric ester groups is 1. The number of allylic oxidation sites excluding steroid dienone is 20. The van der Waals surface area contributed by atoms with Crippen LogP contribution in [0.25, 0.3) is 0 Å². The predicted molar refractivity (Wildman–Crippen MR) is 272 cm³/mol. The number of ether oxygens (including phenoxy) is 1. The van der Waals surface area contributed by atoms with Crippen LogP contribution < -0.4 is 5.32 Å². The molecule has 0 saturated carbocycles. The van der Waals surface area contributed by atoms with E-state index in [1.807, 2.05) is 0 Å². The van der Waals surface area contributed by atoms with Crippen LogP contribution in [0, 0.1) is 0 Å². The van der Waals surface area contributed by atoms with Crippen molar-refractivity contribution in [1.29, 1.82) is 0 Å². The number of carboxylic acid groups (broad SMARTS) is 1. The first kappa shape index (κ1) is 61.9. The largest absolute Gasteiger partial charge is 0.480 e. The number of carbonyl (C=O) groups is 3. The number of amides is 1. The first-order valence-electron chi connectivity index (χ1n) is 24.6. The van der Waals surface area contributed by atoms with Crippen molar-refractivity contribution >= 4 is 25.7 Å². The second-order valence-electron chi connectivity index (χ2n) is 15.9. The standard InChI is InChI=1S/C54H86NO10P/c1-3-5-7-9-11-13-15-17-19-21-23-25-27-29-31-33-35-37-39-41-43-45-52(57)55-51(54(59)60)49-65-66(61,62)64-48-50(56)47-63-53(58)46-44-42-40-38-36-34-32-30-28-26-24-22-20-18-16-14-12-10-8-6-4-2/h6,8,11-14,17-20,23-26,29-32,36,38,50-51,56H,3-5,7,9-10,15-16,21-22,27-28,33-35,37,39-49H2,1-2H3,(H,55,57)(H,59,60)(H,61,62)/b8-6-,13-11-,14-12-,19-17-,20-18-,25-23-,26-24-,31-29-,32-30-,38-36-. The first-order valence-corrected chi connectivity index (χ1v) is 26.1. The Morgan fingerprint density at radius 1 is 0.500 bits per heavy atom. The van der Waals surface area contributed by atoms with Crippen molar-refractivity contribution in [3.8, 4) is 0 Å². The van der Waals surface area contributed by atoms with Gasteiger partial charge in [-0.2, -0.15) is 0 Å². The lowest BCUT2D eigenvalue weighted by molar-refractivity contribution is -0.147. The minimum atomic E-state index is -4.79. The average molecular weight is 940 g/mol. The van der Waals surface area contributed by atoms with E-state index in [2.05, 4.69) is 141 Å². The molecule has 0 spiro atoms. The van der Waals surface area contributed by atoms with Crippen LogP contribution in [0.4, 0.5) is 0 Å². The van der Waals surface area contributed by atoms with Crippen LogP contribution in [0.1, 0.15) is 168 Å². The van der Waals surface area contributed by atoms with Gasteiger partial charge in [0.2, 0.25) is 5.91 Å². The Morgan fingerprint density at radius 2 is 0.879 bits per heavy atom. The van der Waals surface area contributed by atoms with Crippen LogP contribution >= 0.6 is 7.82 Å². The van der Waals surface area contributed by atoms with Crippen molar-refractivity contribution in [2.45, 2.75) is 180 Å². The van der Waals surface area contributed by atoms with Crippen molar-refractivity contribution < 1.29 is 47.8 Å². The Kier molecular flexibility index (Phi) is 44.4. The third-order valence-electron chi connectivity index (χ3n) is 9.73. The number of aliphatic carboxylic acids is 1. The van der Waals surface area contributed by atoms with Gasteiger partial charge in [-0.15, -0.1) is 0 Å². The van der Waals surface area contributed by atoms with Crippen LogP contribution in [0.2, 0.25) is 0 Å². The van der Waals surface area contributed by atoms with E-state index < -0.39 is 57.6 Å². The molecule has 372 valence electrons. The van der Waals surface area contributed by atoms with E-state index in [-0.39, 0.29) is 12.8 Å². The molecule has 11 nitrogen and oxygen atoms in total. The van der Waals surface area contributed by atoms with Crippen molar-refractivity contribution in [3.05, 3.63) is 122 Å². The third kappa shape index (κ3) is 46.4. The molecule has 0 heterocycles. The molecule has 0 aromatic rings. The Balaban J connectivity index is 3.99. The highest BCUT2D eigenvalue weighted by molar-refractivity contribution is 7.47. The number of aliphatic hydroxyl groups excluding tert-OH is 1. The van der Waals surface area contributed by atoms with Gasteiger partial charge in [0.1, 0.15) is 12.7 Å². The summed E-state index contributed by atoms with van der Waals surface area (Å²) in [6.45, 7) is 2.38. The normalized spacial score (nSPS) is 14.6. The summed E-state index contributed by atoms with van der Waals surface area (Å²) in [5, 5.41) is 21.9. The molecule has 0 bridgehead atoms. The lowest BCUT2D eigenvalue weighted by Crippen LogP contribution is -2.43. The number of unbranched alkanes of at least 4 members (excludes halogenated alkanes) is 10. The van der Waals surface area contributed by atoms with Crippen LogP contribution in [0.5, 0.6) is 0 Å². The summed E-state index contributed by atoms with van der Waals surface area (Å²) in [4.78, 5) is 46.1. The van der Waals surface area contributed by atoms with Crippen LogP contribution in [0.3, 0.4) is 0 Å². The molecule has 12 heteroatoms. The number of carbonyl (C=O) groups excluding carboxylic acids is 2. The summed E-state index contributed by atoms with van der Waals surface area (Å²) in [6, 6.07) is -1.57. The lowest BCUT2D eigenvalue weighted by atomic mass is 10.1. The molecule has 1 amide bonds. The highest BCUT2D eigenvalue weighted by atomic mass is 31.2. The topological polar surface area (TPSA) is 169 Å². The van der Waals surface area contributed by atoms with Gasteiger partial charge in [-0.25, -0.2) is 9.36 Å². The zero-order valence-corrected chi connectivity index (χ0v) is 41.3.